The molecule has 2 rings (SSSR count). The Bertz CT molecular complexity index is 522. The number of methoxy groups -OCH3 is 1. The van der Waals surface area contributed by atoms with Crippen LogP contribution < -0.4 is 10.6 Å². The van der Waals surface area contributed by atoms with Crippen LogP contribution in [0.25, 0.3) is 0 Å². The number of nitrogens with one attached hydrogen (secondary N) is 2. The van der Waals surface area contributed by atoms with Gasteiger partial charge in [0.1, 0.15) is 0 Å². The van der Waals surface area contributed by atoms with Gasteiger partial charge in [0.25, 0.3) is 0 Å². The standard InChI is InChI=1S/C16H22N2O3S.ClH/c1-21-16(20)11-22-10-12-4-2-5-14(8-12)18-15(19)9-13-6-3-7-17-13;/h2,4-5,8,13,17H,3,6-7,9-11H2,1H3,(H,18,19);1H. The van der Waals surface area contributed by atoms with Crippen molar-refractivity contribution in [3.63, 3.8) is 0 Å². The molecule has 128 valence electrons. The minimum atomic E-state index is -0.224. The molecule has 1 aromatic carbocycles. The van der Waals surface area contributed by atoms with Crippen molar-refractivity contribution >= 4 is 41.7 Å². The number of carbonyl (C=O) groups excluding carboxylic acids is 2. The van der Waals surface area contributed by atoms with Crippen molar-refractivity contribution in [1.29, 1.82) is 0 Å². The van der Waals surface area contributed by atoms with Crippen LogP contribution in [0.1, 0.15) is 24.8 Å². The minimum absolute atomic E-state index is 0. The van der Waals surface area contributed by atoms with Crippen LogP contribution >= 0.6 is 24.2 Å². The number of hydrogen-bond donors (Lipinski definition) is 2. The third kappa shape index (κ3) is 7.24. The van der Waals surface area contributed by atoms with Crippen molar-refractivity contribution in [2.45, 2.75) is 31.1 Å². The molecule has 1 amide bonds. The lowest BCUT2D eigenvalue weighted by molar-refractivity contribution is -0.137. The Morgan fingerprint density at radius 3 is 2.96 bits per heavy atom. The highest BCUT2D eigenvalue weighted by atomic mass is 35.5. The van der Waals surface area contributed by atoms with Gasteiger partial charge in [0.2, 0.25) is 5.91 Å². The van der Waals surface area contributed by atoms with E-state index in [2.05, 4.69) is 15.4 Å². The molecule has 23 heavy (non-hydrogen) atoms. The fourth-order valence-electron chi connectivity index (χ4n) is 2.42. The number of benzene rings is 1. The summed E-state index contributed by atoms with van der Waals surface area (Å²) in [6, 6.07) is 8.04. The number of rotatable bonds is 7. The summed E-state index contributed by atoms with van der Waals surface area (Å²) >= 11 is 1.50. The van der Waals surface area contributed by atoms with E-state index in [1.807, 2.05) is 24.3 Å². The maximum atomic E-state index is 12.0. The molecule has 1 heterocycles. The number of amides is 1. The van der Waals surface area contributed by atoms with Crippen molar-refractivity contribution in [2.24, 2.45) is 0 Å². The van der Waals surface area contributed by atoms with E-state index in [4.69, 9.17) is 0 Å². The number of hydrogen-bond acceptors (Lipinski definition) is 5. The minimum Gasteiger partial charge on any atom is -0.468 e. The molecular weight excluding hydrogens is 336 g/mol. The van der Waals surface area contributed by atoms with E-state index in [1.54, 1.807) is 0 Å². The molecule has 1 aliphatic rings. The second-order valence-corrected chi connectivity index (χ2v) is 6.30. The van der Waals surface area contributed by atoms with Crippen LogP contribution in [0, 0.1) is 0 Å². The Morgan fingerprint density at radius 1 is 1.43 bits per heavy atom. The summed E-state index contributed by atoms with van der Waals surface area (Å²) in [5, 5.41) is 6.26. The zero-order valence-corrected chi connectivity index (χ0v) is 14.8. The molecule has 1 aromatic rings. The first-order valence-corrected chi connectivity index (χ1v) is 8.59. The maximum Gasteiger partial charge on any atom is 0.315 e. The van der Waals surface area contributed by atoms with Gasteiger partial charge in [-0.25, -0.2) is 0 Å². The molecule has 0 aliphatic carbocycles. The average Bonchev–Trinajstić information content (AvgIpc) is 3.00. The van der Waals surface area contributed by atoms with Crippen molar-refractivity contribution < 1.29 is 14.3 Å². The van der Waals surface area contributed by atoms with Gasteiger partial charge in [-0.05, 0) is 37.1 Å². The van der Waals surface area contributed by atoms with Crippen LogP contribution in [0.3, 0.4) is 0 Å². The zero-order valence-electron chi connectivity index (χ0n) is 13.2. The van der Waals surface area contributed by atoms with E-state index in [1.165, 1.54) is 18.9 Å². The summed E-state index contributed by atoms with van der Waals surface area (Å²) < 4.78 is 4.61. The molecule has 1 aliphatic heterocycles. The highest BCUT2D eigenvalue weighted by molar-refractivity contribution is 7.99. The Morgan fingerprint density at radius 2 is 2.26 bits per heavy atom. The van der Waals surface area contributed by atoms with Crippen LogP contribution in [0.4, 0.5) is 5.69 Å². The number of ether oxygens (including phenoxy) is 1. The molecule has 7 heteroatoms. The molecule has 0 aromatic heterocycles. The van der Waals surface area contributed by atoms with Crippen molar-refractivity contribution in [3.8, 4) is 0 Å². The topological polar surface area (TPSA) is 67.4 Å². The fourth-order valence-corrected chi connectivity index (χ4v) is 3.22. The Labute approximate surface area is 147 Å². The summed E-state index contributed by atoms with van der Waals surface area (Å²) in [6.07, 6.45) is 2.73. The lowest BCUT2D eigenvalue weighted by atomic mass is 10.1. The molecule has 1 unspecified atom stereocenters. The Balaban J connectivity index is 0.00000264. The lowest BCUT2D eigenvalue weighted by Crippen LogP contribution is -2.27. The molecule has 2 N–H and O–H groups in total. The molecular formula is C16H23ClN2O3S. The highest BCUT2D eigenvalue weighted by Gasteiger charge is 2.17. The van der Waals surface area contributed by atoms with Gasteiger partial charge >= 0.3 is 5.97 Å². The van der Waals surface area contributed by atoms with Crippen LogP contribution in [0.5, 0.6) is 0 Å². The van der Waals surface area contributed by atoms with Crippen molar-refractivity contribution in [1.82, 2.24) is 5.32 Å². The van der Waals surface area contributed by atoms with Gasteiger partial charge in [-0.15, -0.1) is 24.2 Å². The smallest absolute Gasteiger partial charge is 0.315 e. The van der Waals surface area contributed by atoms with E-state index in [0.29, 0.717) is 24.0 Å². The monoisotopic (exact) mass is 358 g/mol. The average molecular weight is 359 g/mol. The van der Waals surface area contributed by atoms with Gasteiger partial charge in [-0.2, -0.15) is 0 Å². The van der Waals surface area contributed by atoms with Gasteiger partial charge in [-0.3, -0.25) is 9.59 Å². The summed E-state index contributed by atoms with van der Waals surface area (Å²) in [6.45, 7) is 1.00. The second kappa shape index (κ2) is 10.5. The summed E-state index contributed by atoms with van der Waals surface area (Å²) in [7, 11) is 1.39. The van der Waals surface area contributed by atoms with Gasteiger partial charge in [0.05, 0.1) is 12.9 Å². The Kier molecular flexibility index (Phi) is 9.06. The van der Waals surface area contributed by atoms with Crippen LogP contribution in [-0.2, 0) is 20.1 Å². The lowest BCUT2D eigenvalue weighted by Gasteiger charge is -2.11. The zero-order chi connectivity index (χ0) is 15.8. The normalized spacial score (nSPS) is 16.5. The van der Waals surface area contributed by atoms with E-state index >= 15 is 0 Å². The predicted octanol–water partition coefficient (Wildman–Crippen LogP) is 2.60. The van der Waals surface area contributed by atoms with E-state index in [9.17, 15) is 9.59 Å². The number of anilines is 1. The molecule has 0 bridgehead atoms. The molecule has 1 atom stereocenters. The summed E-state index contributed by atoms with van der Waals surface area (Å²) in [5.41, 5.74) is 1.88. The first kappa shape index (κ1) is 19.8. The van der Waals surface area contributed by atoms with Gasteiger partial charge < -0.3 is 15.4 Å². The van der Waals surface area contributed by atoms with Crippen LogP contribution in [-0.4, -0.2) is 37.3 Å². The van der Waals surface area contributed by atoms with E-state index < -0.39 is 0 Å². The third-order valence-corrected chi connectivity index (χ3v) is 4.50. The second-order valence-electron chi connectivity index (χ2n) is 5.31. The van der Waals surface area contributed by atoms with Gasteiger partial charge in [0.15, 0.2) is 0 Å². The third-order valence-electron chi connectivity index (χ3n) is 3.52. The first-order chi connectivity index (χ1) is 10.7. The largest absolute Gasteiger partial charge is 0.468 e. The highest BCUT2D eigenvalue weighted by Crippen LogP contribution is 2.17. The van der Waals surface area contributed by atoms with Gasteiger partial charge in [0, 0.05) is 23.9 Å². The fraction of sp³-hybridized carbons (Fsp3) is 0.500. The molecule has 0 radical (unpaired) electrons. The van der Waals surface area contributed by atoms with Crippen LogP contribution in [0.2, 0.25) is 0 Å². The SMILES string of the molecule is COC(=O)CSCc1cccc(NC(=O)CC2CCCN2)c1.Cl. The number of halogens is 1. The van der Waals surface area contributed by atoms with Crippen molar-refractivity contribution in [3.05, 3.63) is 29.8 Å². The predicted molar refractivity (Wildman–Crippen MR) is 96.1 cm³/mol. The van der Waals surface area contributed by atoms with Crippen molar-refractivity contribution in [2.75, 3.05) is 24.7 Å². The van der Waals surface area contributed by atoms with Gasteiger partial charge in [-0.1, -0.05) is 12.1 Å². The van der Waals surface area contributed by atoms with E-state index in [0.717, 1.165) is 30.6 Å². The van der Waals surface area contributed by atoms with Crippen LogP contribution in [0.15, 0.2) is 24.3 Å². The Hall–Kier alpha value is -1.24. The maximum absolute atomic E-state index is 12.0. The number of thioether (sulfide) groups is 1. The molecule has 5 nitrogen and oxygen atoms in total. The quantitative estimate of drug-likeness (QED) is 0.733. The number of esters is 1. The molecule has 0 saturated carbocycles. The number of carbonyl (C=O) groups is 2. The summed E-state index contributed by atoms with van der Waals surface area (Å²) in [5.74, 6) is 0.862. The molecule has 0 spiro atoms. The first-order valence-electron chi connectivity index (χ1n) is 7.44. The molecule has 1 saturated heterocycles. The van der Waals surface area contributed by atoms with E-state index in [-0.39, 0.29) is 24.3 Å². The molecule has 1 fully saturated rings. The summed E-state index contributed by atoms with van der Waals surface area (Å²) in [4.78, 5) is 23.1.